The lowest BCUT2D eigenvalue weighted by Crippen LogP contribution is -2.40. The van der Waals surface area contributed by atoms with Gasteiger partial charge in [-0.1, -0.05) is 52.8 Å². The van der Waals surface area contributed by atoms with E-state index in [1.54, 1.807) is 0 Å². The molecule has 0 heterocycles. The van der Waals surface area contributed by atoms with Crippen LogP contribution in [0.4, 0.5) is 0 Å². The van der Waals surface area contributed by atoms with Crippen LogP contribution in [-0.4, -0.2) is 14.9 Å². The van der Waals surface area contributed by atoms with E-state index >= 15 is 0 Å². The molecule has 1 aliphatic carbocycles. The van der Waals surface area contributed by atoms with Gasteiger partial charge in [-0.2, -0.15) is 0 Å². The van der Waals surface area contributed by atoms with Crippen LogP contribution in [-0.2, 0) is 4.43 Å². The number of rotatable bonds is 3. The molecule has 0 radical (unpaired) electrons. The largest absolute Gasteiger partial charge is 0.413 e. The normalized spacial score (nSPS) is 22.8. The van der Waals surface area contributed by atoms with Gasteiger partial charge in [0.25, 0.3) is 0 Å². The van der Waals surface area contributed by atoms with Crippen molar-refractivity contribution < 1.29 is 4.43 Å². The van der Waals surface area contributed by atoms with E-state index in [4.69, 9.17) is 4.43 Å². The summed E-state index contributed by atoms with van der Waals surface area (Å²) in [6.07, 6.45) is 4.53. The van der Waals surface area contributed by atoms with Gasteiger partial charge >= 0.3 is 0 Å². The van der Waals surface area contributed by atoms with Gasteiger partial charge in [-0.3, -0.25) is 0 Å². The van der Waals surface area contributed by atoms with Crippen molar-refractivity contribution in [3.8, 4) is 0 Å². The first-order chi connectivity index (χ1) is 7.95. The van der Waals surface area contributed by atoms with Crippen molar-refractivity contribution in [3.05, 3.63) is 23.8 Å². The standard InChI is InChI=1S/C16H30OSi/c1-13-11-16(5,6)12-14(13)9-10-17-18(7,8)15(2,3)4/h9H,1,10-12H2,2-8H3/b14-9+. The van der Waals surface area contributed by atoms with Crippen LogP contribution >= 0.6 is 0 Å². The van der Waals surface area contributed by atoms with Crippen LogP contribution in [0, 0.1) is 5.41 Å². The zero-order chi connectivity index (χ0) is 14.2. The Bertz CT molecular complexity index is 356. The molecule has 0 bridgehead atoms. The third-order valence-electron chi connectivity index (χ3n) is 4.40. The molecule has 0 atom stereocenters. The van der Waals surface area contributed by atoms with Crippen molar-refractivity contribution in [2.45, 2.75) is 65.6 Å². The number of allylic oxidation sites excluding steroid dienone is 2. The van der Waals surface area contributed by atoms with E-state index < -0.39 is 8.32 Å². The maximum atomic E-state index is 6.19. The molecule has 0 saturated heterocycles. The third kappa shape index (κ3) is 3.82. The van der Waals surface area contributed by atoms with Crippen LogP contribution in [0.1, 0.15) is 47.5 Å². The van der Waals surface area contributed by atoms with Gasteiger partial charge < -0.3 is 4.43 Å². The van der Waals surface area contributed by atoms with Gasteiger partial charge in [0.2, 0.25) is 0 Å². The van der Waals surface area contributed by atoms with E-state index in [-0.39, 0.29) is 5.04 Å². The molecule has 1 nitrogen and oxygen atoms in total. The summed E-state index contributed by atoms with van der Waals surface area (Å²) in [5, 5.41) is 0.289. The Morgan fingerprint density at radius 2 is 1.83 bits per heavy atom. The van der Waals surface area contributed by atoms with Crippen LogP contribution in [0.3, 0.4) is 0 Å². The Morgan fingerprint density at radius 1 is 1.28 bits per heavy atom. The second-order valence-corrected chi connectivity index (χ2v) is 12.7. The molecule has 1 saturated carbocycles. The Morgan fingerprint density at radius 3 is 2.22 bits per heavy atom. The van der Waals surface area contributed by atoms with E-state index in [0.717, 1.165) is 19.4 Å². The predicted octanol–water partition coefficient (Wildman–Crippen LogP) is 5.31. The van der Waals surface area contributed by atoms with E-state index in [1.165, 1.54) is 11.1 Å². The molecule has 0 amide bonds. The van der Waals surface area contributed by atoms with Crippen LogP contribution in [0.5, 0.6) is 0 Å². The first-order valence-electron chi connectivity index (χ1n) is 6.96. The van der Waals surface area contributed by atoms with Gasteiger partial charge in [-0.05, 0) is 42.0 Å². The summed E-state index contributed by atoms with van der Waals surface area (Å²) >= 11 is 0. The maximum absolute atomic E-state index is 6.19. The number of hydrogen-bond donors (Lipinski definition) is 0. The predicted molar refractivity (Wildman–Crippen MR) is 83.4 cm³/mol. The van der Waals surface area contributed by atoms with E-state index in [2.05, 4.69) is 60.4 Å². The molecule has 1 rings (SSSR count). The Hall–Kier alpha value is -0.343. The molecule has 0 unspecified atom stereocenters. The molecule has 104 valence electrons. The molecule has 0 aliphatic heterocycles. The summed E-state index contributed by atoms with van der Waals surface area (Å²) in [7, 11) is -1.61. The van der Waals surface area contributed by atoms with Crippen molar-refractivity contribution in [3.63, 3.8) is 0 Å². The smallest absolute Gasteiger partial charge is 0.192 e. The van der Waals surface area contributed by atoms with Crippen molar-refractivity contribution in [2.24, 2.45) is 5.41 Å². The van der Waals surface area contributed by atoms with Gasteiger partial charge in [0.05, 0.1) is 6.61 Å². The average molecular weight is 267 g/mol. The molecular weight excluding hydrogens is 236 g/mol. The van der Waals surface area contributed by atoms with E-state index in [1.807, 2.05) is 0 Å². The highest BCUT2D eigenvalue weighted by molar-refractivity contribution is 6.74. The van der Waals surface area contributed by atoms with Crippen molar-refractivity contribution >= 4 is 8.32 Å². The molecule has 2 heteroatoms. The quantitative estimate of drug-likeness (QED) is 0.629. The minimum absolute atomic E-state index is 0.289. The van der Waals surface area contributed by atoms with Crippen molar-refractivity contribution in [2.75, 3.05) is 6.61 Å². The first kappa shape index (κ1) is 15.7. The molecule has 0 spiro atoms. The summed E-state index contributed by atoms with van der Waals surface area (Å²) in [6.45, 7) is 21.0. The van der Waals surface area contributed by atoms with Crippen LogP contribution < -0.4 is 0 Å². The Labute approximate surface area is 114 Å². The molecule has 1 fully saturated rings. The minimum atomic E-state index is -1.61. The second kappa shape index (κ2) is 4.97. The minimum Gasteiger partial charge on any atom is -0.413 e. The first-order valence-corrected chi connectivity index (χ1v) is 9.87. The van der Waals surface area contributed by atoms with Gasteiger partial charge in [0, 0.05) is 0 Å². The highest BCUT2D eigenvalue weighted by atomic mass is 28.4. The van der Waals surface area contributed by atoms with Crippen molar-refractivity contribution in [1.82, 2.24) is 0 Å². The zero-order valence-corrected chi connectivity index (χ0v) is 14.3. The topological polar surface area (TPSA) is 9.23 Å². The molecule has 0 aromatic heterocycles. The Kier molecular flexibility index (Phi) is 4.34. The summed E-state index contributed by atoms with van der Waals surface area (Å²) in [6, 6.07) is 0. The fourth-order valence-corrected chi connectivity index (χ4v) is 3.11. The Balaban J connectivity index is 2.60. The number of hydrogen-bond acceptors (Lipinski definition) is 1. The molecule has 0 N–H and O–H groups in total. The lowest BCUT2D eigenvalue weighted by Gasteiger charge is -2.35. The average Bonchev–Trinajstić information content (AvgIpc) is 2.37. The fraction of sp³-hybridized carbons (Fsp3) is 0.750. The third-order valence-corrected chi connectivity index (χ3v) is 8.90. The van der Waals surface area contributed by atoms with Crippen LogP contribution in [0.15, 0.2) is 23.8 Å². The lowest BCUT2D eigenvalue weighted by molar-refractivity contribution is 0.326. The van der Waals surface area contributed by atoms with Crippen LogP contribution in [0.2, 0.25) is 18.1 Å². The fourth-order valence-electron chi connectivity index (χ4n) is 2.18. The summed E-state index contributed by atoms with van der Waals surface area (Å²) in [5.41, 5.74) is 3.11. The van der Waals surface area contributed by atoms with Gasteiger partial charge in [0.1, 0.15) is 0 Å². The van der Waals surface area contributed by atoms with Gasteiger partial charge in [-0.25, -0.2) is 0 Å². The van der Waals surface area contributed by atoms with Gasteiger partial charge in [0.15, 0.2) is 8.32 Å². The lowest BCUT2D eigenvalue weighted by atomic mass is 9.91. The molecule has 0 aromatic rings. The van der Waals surface area contributed by atoms with Gasteiger partial charge in [-0.15, -0.1) is 0 Å². The summed E-state index contributed by atoms with van der Waals surface area (Å²) in [5.74, 6) is 0. The molecular formula is C16H30OSi. The summed E-state index contributed by atoms with van der Waals surface area (Å²) in [4.78, 5) is 0. The van der Waals surface area contributed by atoms with E-state index in [0.29, 0.717) is 5.41 Å². The van der Waals surface area contributed by atoms with Crippen molar-refractivity contribution in [1.29, 1.82) is 0 Å². The molecule has 18 heavy (non-hydrogen) atoms. The zero-order valence-electron chi connectivity index (χ0n) is 13.3. The van der Waals surface area contributed by atoms with E-state index in [9.17, 15) is 0 Å². The highest BCUT2D eigenvalue weighted by Crippen LogP contribution is 2.43. The monoisotopic (exact) mass is 266 g/mol. The van der Waals surface area contributed by atoms with Crippen LogP contribution in [0.25, 0.3) is 0 Å². The molecule has 0 aromatic carbocycles. The summed E-state index contributed by atoms with van der Waals surface area (Å²) < 4.78 is 6.19. The highest BCUT2D eigenvalue weighted by Gasteiger charge is 2.37. The second-order valence-electron chi connectivity index (χ2n) is 7.92. The molecule has 1 aliphatic rings. The SMILES string of the molecule is C=C1CC(C)(C)C/C1=C\CO[Si](C)(C)C(C)(C)C. The maximum Gasteiger partial charge on any atom is 0.192 e.